The van der Waals surface area contributed by atoms with Gasteiger partial charge in [-0.05, 0) is 6.07 Å². The number of ether oxygens (including phenoxy) is 2. The summed E-state index contributed by atoms with van der Waals surface area (Å²) in [6, 6.07) is 1.15. The number of hydrogen-bond acceptors (Lipinski definition) is 4. The van der Waals surface area contributed by atoms with Gasteiger partial charge in [-0.2, -0.15) is 0 Å². The summed E-state index contributed by atoms with van der Waals surface area (Å²) in [6.07, 6.45) is -5.29. The Labute approximate surface area is 110 Å². The topological polar surface area (TPSA) is 68.4 Å². The number of rotatable bonds is 4. The molecule has 5 nitrogen and oxygen atoms in total. The molecule has 0 aromatic carbocycles. The molecule has 0 atom stereocenters. The molecule has 1 N–H and O–H groups in total. The zero-order valence-corrected chi connectivity index (χ0v) is 10.4. The third kappa shape index (κ3) is 4.47. The smallest absolute Gasteiger partial charge is 0.469 e. The Morgan fingerprint density at radius 2 is 2.11 bits per heavy atom. The van der Waals surface area contributed by atoms with Crippen LogP contribution >= 0.6 is 11.6 Å². The number of carbonyl (C=O) groups excluding carboxylic acids is 1. The van der Waals surface area contributed by atoms with Crippen molar-refractivity contribution in [2.75, 3.05) is 7.11 Å². The largest absolute Gasteiger partial charge is 0.573 e. The summed E-state index contributed by atoms with van der Waals surface area (Å²) in [4.78, 5) is 24.6. The number of alkyl halides is 4. The summed E-state index contributed by atoms with van der Waals surface area (Å²) < 4.78 is 44.3. The number of aromatic nitrogens is 1. The maximum atomic E-state index is 12.1. The second-order valence-corrected chi connectivity index (χ2v) is 3.68. The van der Waals surface area contributed by atoms with Crippen LogP contribution in [0.5, 0.6) is 5.75 Å². The summed E-state index contributed by atoms with van der Waals surface area (Å²) in [5.41, 5.74) is -1.20. The lowest BCUT2D eigenvalue weighted by Gasteiger charge is -2.12. The van der Waals surface area contributed by atoms with E-state index in [-0.39, 0.29) is 23.6 Å². The van der Waals surface area contributed by atoms with Crippen molar-refractivity contribution < 1.29 is 27.4 Å². The molecular weight excluding hydrogens is 291 g/mol. The fraction of sp³-hybridized carbons (Fsp3) is 0.400. The third-order valence-corrected chi connectivity index (χ3v) is 2.33. The van der Waals surface area contributed by atoms with E-state index in [0.29, 0.717) is 0 Å². The zero-order valence-electron chi connectivity index (χ0n) is 9.64. The van der Waals surface area contributed by atoms with E-state index < -0.39 is 23.6 Å². The number of pyridine rings is 1. The molecule has 0 spiro atoms. The highest BCUT2D eigenvalue weighted by Gasteiger charge is 2.33. The molecule has 0 aliphatic carbocycles. The SMILES string of the molecule is COC(=O)Cc1cc(CCl)c(OC(F)(F)F)c(=O)[nH]1. The van der Waals surface area contributed by atoms with Crippen molar-refractivity contribution in [2.45, 2.75) is 18.7 Å². The van der Waals surface area contributed by atoms with Crippen molar-refractivity contribution in [1.82, 2.24) is 4.98 Å². The molecule has 9 heteroatoms. The van der Waals surface area contributed by atoms with Gasteiger partial charge in [0.2, 0.25) is 0 Å². The van der Waals surface area contributed by atoms with Gasteiger partial charge in [-0.15, -0.1) is 24.8 Å². The van der Waals surface area contributed by atoms with E-state index in [0.717, 1.165) is 13.2 Å². The van der Waals surface area contributed by atoms with Gasteiger partial charge >= 0.3 is 12.3 Å². The molecule has 0 aliphatic heterocycles. The van der Waals surface area contributed by atoms with Gasteiger partial charge in [0, 0.05) is 11.3 Å². The van der Waals surface area contributed by atoms with Crippen molar-refractivity contribution in [1.29, 1.82) is 0 Å². The van der Waals surface area contributed by atoms with Crippen LogP contribution in [0, 0.1) is 0 Å². The highest BCUT2D eigenvalue weighted by atomic mass is 35.5. The first-order chi connectivity index (χ1) is 8.76. The fourth-order valence-corrected chi connectivity index (χ4v) is 1.51. The van der Waals surface area contributed by atoms with Crippen LogP contribution in [0.4, 0.5) is 13.2 Å². The molecular formula is C10H9ClF3NO4. The van der Waals surface area contributed by atoms with Crippen molar-refractivity contribution in [3.05, 3.63) is 27.7 Å². The quantitative estimate of drug-likeness (QED) is 0.679. The number of esters is 1. The first kappa shape index (κ1) is 15.4. The Bertz CT molecular complexity index is 526. The number of nitrogens with one attached hydrogen (secondary N) is 1. The molecule has 0 radical (unpaired) electrons. The number of methoxy groups -OCH3 is 1. The van der Waals surface area contributed by atoms with Gasteiger partial charge in [0.05, 0.1) is 19.4 Å². The van der Waals surface area contributed by atoms with Crippen LogP contribution in [0.2, 0.25) is 0 Å². The van der Waals surface area contributed by atoms with Crippen LogP contribution < -0.4 is 10.3 Å². The maximum absolute atomic E-state index is 12.1. The summed E-state index contributed by atoms with van der Waals surface area (Å²) >= 11 is 5.46. The van der Waals surface area contributed by atoms with E-state index in [1.807, 2.05) is 0 Å². The molecule has 0 aliphatic rings. The molecule has 0 unspecified atom stereocenters. The van der Waals surface area contributed by atoms with Gasteiger partial charge in [0.25, 0.3) is 5.56 Å². The molecule has 0 saturated heterocycles. The molecule has 0 bridgehead atoms. The summed E-state index contributed by atoms with van der Waals surface area (Å²) in [5.74, 6) is -1.96. The lowest BCUT2D eigenvalue weighted by Crippen LogP contribution is -2.25. The van der Waals surface area contributed by atoms with Gasteiger partial charge in [-0.1, -0.05) is 0 Å². The molecule has 1 rings (SSSR count). The van der Waals surface area contributed by atoms with Crippen LogP contribution in [0.25, 0.3) is 0 Å². The summed E-state index contributed by atoms with van der Waals surface area (Å²) in [5, 5.41) is 0. The lowest BCUT2D eigenvalue weighted by molar-refractivity contribution is -0.275. The number of carbonyl (C=O) groups is 1. The van der Waals surface area contributed by atoms with Crippen LogP contribution in [0.15, 0.2) is 10.9 Å². The van der Waals surface area contributed by atoms with Crippen LogP contribution in [-0.2, 0) is 21.8 Å². The van der Waals surface area contributed by atoms with Crippen LogP contribution in [-0.4, -0.2) is 24.4 Å². The van der Waals surface area contributed by atoms with Crippen molar-refractivity contribution >= 4 is 17.6 Å². The van der Waals surface area contributed by atoms with Crippen LogP contribution in [0.1, 0.15) is 11.3 Å². The van der Waals surface area contributed by atoms with Crippen LogP contribution in [0.3, 0.4) is 0 Å². The molecule has 19 heavy (non-hydrogen) atoms. The summed E-state index contributed by atoms with van der Waals surface area (Å²) in [7, 11) is 1.14. The van der Waals surface area contributed by atoms with Crippen molar-refractivity contribution in [2.24, 2.45) is 0 Å². The Morgan fingerprint density at radius 3 is 2.58 bits per heavy atom. The highest BCUT2D eigenvalue weighted by molar-refractivity contribution is 6.17. The van der Waals surface area contributed by atoms with Gasteiger partial charge in [0.15, 0.2) is 5.75 Å². The van der Waals surface area contributed by atoms with Crippen molar-refractivity contribution in [3.63, 3.8) is 0 Å². The van der Waals surface area contributed by atoms with E-state index >= 15 is 0 Å². The van der Waals surface area contributed by atoms with E-state index in [1.54, 1.807) is 0 Å². The number of hydrogen-bond donors (Lipinski definition) is 1. The Kier molecular flexibility index (Phi) is 4.82. The molecule has 1 heterocycles. The van der Waals surface area contributed by atoms with Crippen molar-refractivity contribution in [3.8, 4) is 5.75 Å². The number of aromatic amines is 1. The molecule has 0 amide bonds. The van der Waals surface area contributed by atoms with Gasteiger partial charge < -0.3 is 14.5 Å². The van der Waals surface area contributed by atoms with Gasteiger partial charge in [0.1, 0.15) is 0 Å². The standard InChI is InChI=1S/C10H9ClF3NO4/c1-18-7(16)3-6-2-5(4-11)8(9(17)15-6)19-10(12,13)14/h2H,3-4H2,1H3,(H,15,17). The second-order valence-electron chi connectivity index (χ2n) is 3.41. The van der Waals surface area contributed by atoms with E-state index in [2.05, 4.69) is 14.5 Å². The van der Waals surface area contributed by atoms with E-state index in [1.165, 1.54) is 0 Å². The molecule has 0 fully saturated rings. The average Bonchev–Trinajstić information content (AvgIpc) is 2.30. The minimum atomic E-state index is -5.00. The fourth-order valence-electron chi connectivity index (χ4n) is 1.31. The number of H-pyrrole nitrogens is 1. The van der Waals surface area contributed by atoms with E-state index in [9.17, 15) is 22.8 Å². The lowest BCUT2D eigenvalue weighted by atomic mass is 10.2. The maximum Gasteiger partial charge on any atom is 0.573 e. The molecule has 1 aromatic heterocycles. The normalized spacial score (nSPS) is 11.2. The Morgan fingerprint density at radius 1 is 1.47 bits per heavy atom. The minimum Gasteiger partial charge on any atom is -0.469 e. The predicted octanol–water partition coefficient (Wildman–Crippen LogP) is 1.73. The minimum absolute atomic E-state index is 0.0852. The average molecular weight is 300 g/mol. The first-order valence-corrected chi connectivity index (χ1v) is 5.44. The first-order valence-electron chi connectivity index (χ1n) is 4.90. The predicted molar refractivity (Wildman–Crippen MR) is 59.0 cm³/mol. The summed E-state index contributed by atoms with van der Waals surface area (Å²) in [6.45, 7) is 0. The molecule has 0 saturated carbocycles. The molecule has 106 valence electrons. The number of halogens is 4. The third-order valence-electron chi connectivity index (χ3n) is 2.04. The zero-order chi connectivity index (χ0) is 14.6. The second kappa shape index (κ2) is 5.96. The Balaban J connectivity index is 3.15. The van der Waals surface area contributed by atoms with Gasteiger partial charge in [-0.25, -0.2) is 0 Å². The highest BCUT2D eigenvalue weighted by Crippen LogP contribution is 2.24. The molecule has 1 aromatic rings. The van der Waals surface area contributed by atoms with E-state index in [4.69, 9.17) is 11.6 Å². The monoisotopic (exact) mass is 299 g/mol. The van der Waals surface area contributed by atoms with Gasteiger partial charge in [-0.3, -0.25) is 9.59 Å². The Hall–Kier alpha value is -1.70.